The molecule has 0 unspecified atom stereocenters. The number of aryl methyl sites for hydroxylation is 1. The van der Waals surface area contributed by atoms with E-state index in [1.165, 1.54) is 47.7 Å². The third-order valence-electron chi connectivity index (χ3n) is 4.47. The monoisotopic (exact) mass is 503 g/mol. The Hall–Kier alpha value is -3.17. The normalized spacial score (nSPS) is 10.9. The number of rotatable bonds is 4. The Bertz CT molecular complexity index is 1300. The Morgan fingerprint density at radius 2 is 1.84 bits per heavy atom. The molecule has 0 atom stereocenters. The molecule has 2 aromatic carbocycles. The fourth-order valence-electron chi connectivity index (χ4n) is 3.01. The number of benzene rings is 2. The summed E-state index contributed by atoms with van der Waals surface area (Å²) in [5, 5.41) is 10.8. The van der Waals surface area contributed by atoms with Crippen molar-refractivity contribution in [3.63, 3.8) is 0 Å². The van der Waals surface area contributed by atoms with Crippen LogP contribution in [-0.2, 0) is 0 Å². The molecule has 1 amide bonds. The predicted octanol–water partition coefficient (Wildman–Crippen LogP) is 5.58. The first-order valence-electron chi connectivity index (χ1n) is 8.92. The lowest BCUT2D eigenvalue weighted by Gasteiger charge is -2.12. The number of carbonyl (C=O) groups excluding carboxylic acids is 1. The summed E-state index contributed by atoms with van der Waals surface area (Å²) in [5.41, 5.74) is 1.75. The lowest BCUT2D eigenvalue weighted by Crippen LogP contribution is -2.15. The predicted molar refractivity (Wildman–Crippen MR) is 116 cm³/mol. The summed E-state index contributed by atoms with van der Waals surface area (Å²) in [6, 6.07) is 8.16. The van der Waals surface area contributed by atoms with Gasteiger partial charge >= 0.3 is 0 Å². The Morgan fingerprint density at radius 1 is 1.10 bits per heavy atom. The van der Waals surface area contributed by atoms with Crippen molar-refractivity contribution in [1.82, 2.24) is 20.0 Å². The maximum Gasteiger partial charge on any atom is 0.256 e. The van der Waals surface area contributed by atoms with Crippen molar-refractivity contribution >= 4 is 39.1 Å². The van der Waals surface area contributed by atoms with Gasteiger partial charge in [-0.3, -0.25) is 4.79 Å². The number of aromatic nitrogens is 4. The van der Waals surface area contributed by atoms with Crippen molar-refractivity contribution in [3.05, 3.63) is 87.2 Å². The van der Waals surface area contributed by atoms with Gasteiger partial charge < -0.3 is 5.32 Å². The molecule has 4 rings (SSSR count). The zero-order chi connectivity index (χ0) is 22.1. The molecule has 0 spiro atoms. The van der Waals surface area contributed by atoms with Gasteiger partial charge in [0.25, 0.3) is 5.91 Å². The van der Waals surface area contributed by atoms with Crippen LogP contribution in [0.3, 0.4) is 0 Å². The highest BCUT2D eigenvalue weighted by Crippen LogP contribution is 2.32. The Balaban J connectivity index is 1.61. The molecule has 0 bridgehead atoms. The second-order valence-electron chi connectivity index (χ2n) is 6.57. The first-order chi connectivity index (χ1) is 14.8. The van der Waals surface area contributed by atoms with Crippen molar-refractivity contribution in [1.29, 1.82) is 0 Å². The summed E-state index contributed by atoms with van der Waals surface area (Å²) in [5.74, 6) is -1.27. The van der Waals surface area contributed by atoms with Crippen LogP contribution < -0.4 is 5.32 Å². The molecule has 10 heteroatoms. The number of anilines is 1. The minimum absolute atomic E-state index is 0.147. The topological polar surface area (TPSA) is 72.7 Å². The van der Waals surface area contributed by atoms with E-state index in [0.29, 0.717) is 27.1 Å². The van der Waals surface area contributed by atoms with Gasteiger partial charge in [-0.1, -0.05) is 33.6 Å². The highest BCUT2D eigenvalue weighted by Gasteiger charge is 2.17. The van der Waals surface area contributed by atoms with Crippen LogP contribution in [0.5, 0.6) is 0 Å². The molecule has 0 aliphatic heterocycles. The number of hydrogen-bond acceptors (Lipinski definition) is 4. The number of nitrogens with zero attached hydrogens (tertiary/aromatic N) is 4. The summed E-state index contributed by atoms with van der Waals surface area (Å²) in [7, 11) is 0. The Morgan fingerprint density at radius 3 is 2.52 bits per heavy atom. The van der Waals surface area contributed by atoms with Crippen LogP contribution in [0.4, 0.5) is 14.5 Å². The fourth-order valence-corrected chi connectivity index (χ4v) is 3.82. The summed E-state index contributed by atoms with van der Waals surface area (Å²) in [6.45, 7) is 1.69. The summed E-state index contributed by atoms with van der Waals surface area (Å²) >= 11 is 9.46. The maximum absolute atomic E-state index is 14.8. The second kappa shape index (κ2) is 8.52. The molecule has 0 fully saturated rings. The van der Waals surface area contributed by atoms with E-state index >= 15 is 0 Å². The summed E-state index contributed by atoms with van der Waals surface area (Å²) < 4.78 is 28.6. The van der Waals surface area contributed by atoms with E-state index in [1.54, 1.807) is 13.0 Å². The minimum atomic E-state index is -0.612. The van der Waals surface area contributed by atoms with E-state index in [2.05, 4.69) is 36.4 Å². The highest BCUT2D eigenvalue weighted by molar-refractivity contribution is 9.10. The van der Waals surface area contributed by atoms with Gasteiger partial charge in [0.2, 0.25) is 0 Å². The number of carbonyl (C=O) groups is 1. The molecule has 31 heavy (non-hydrogen) atoms. The zero-order valence-corrected chi connectivity index (χ0v) is 18.2. The van der Waals surface area contributed by atoms with E-state index in [0.717, 1.165) is 6.07 Å². The van der Waals surface area contributed by atoms with Crippen LogP contribution in [0, 0.1) is 18.6 Å². The first kappa shape index (κ1) is 21.1. The summed E-state index contributed by atoms with van der Waals surface area (Å²) in [6.07, 6.45) is 4.37. The van der Waals surface area contributed by atoms with Crippen LogP contribution in [0.15, 0.2) is 59.5 Å². The van der Waals surface area contributed by atoms with Gasteiger partial charge in [-0.2, -0.15) is 10.2 Å². The SMILES string of the molecule is Cc1cc(-c2ccc(F)cc2Br)c(F)cc1C(=O)Nc1cnc(-n2nccn2)c(Cl)c1. The smallest absolute Gasteiger partial charge is 0.256 e. The Labute approximate surface area is 189 Å². The molecule has 2 heterocycles. The van der Waals surface area contributed by atoms with Crippen LogP contribution in [-0.4, -0.2) is 25.9 Å². The van der Waals surface area contributed by atoms with Gasteiger partial charge in [-0.25, -0.2) is 13.8 Å². The highest BCUT2D eigenvalue weighted by atomic mass is 79.9. The van der Waals surface area contributed by atoms with E-state index < -0.39 is 17.5 Å². The largest absolute Gasteiger partial charge is 0.321 e. The van der Waals surface area contributed by atoms with Gasteiger partial charge in [-0.05, 0) is 48.4 Å². The van der Waals surface area contributed by atoms with Gasteiger partial charge in [0.1, 0.15) is 11.6 Å². The third-order valence-corrected chi connectivity index (χ3v) is 5.40. The zero-order valence-electron chi connectivity index (χ0n) is 15.9. The van der Waals surface area contributed by atoms with Gasteiger partial charge in [-0.15, -0.1) is 4.80 Å². The molecule has 156 valence electrons. The van der Waals surface area contributed by atoms with E-state index in [1.807, 2.05) is 0 Å². The molecule has 6 nitrogen and oxygen atoms in total. The second-order valence-corrected chi connectivity index (χ2v) is 7.83. The number of nitrogens with one attached hydrogen (secondary N) is 1. The van der Waals surface area contributed by atoms with E-state index in [9.17, 15) is 13.6 Å². The standard InChI is InChI=1S/C21H13BrClF2N5O/c1-11-6-16(14-3-2-12(24)7-17(14)22)19(25)9-15(11)21(31)29-13-8-18(23)20(26-10-13)30-27-4-5-28-30/h2-10H,1H3,(H,29,31). The van der Waals surface area contributed by atoms with Crippen molar-refractivity contribution in [2.45, 2.75) is 6.92 Å². The van der Waals surface area contributed by atoms with Crippen LogP contribution in [0.2, 0.25) is 5.02 Å². The van der Waals surface area contributed by atoms with Gasteiger partial charge in [0.15, 0.2) is 5.82 Å². The summed E-state index contributed by atoms with van der Waals surface area (Å²) in [4.78, 5) is 18.1. The maximum atomic E-state index is 14.8. The van der Waals surface area contributed by atoms with E-state index in [-0.39, 0.29) is 16.1 Å². The lowest BCUT2D eigenvalue weighted by atomic mass is 9.98. The average Bonchev–Trinajstić information content (AvgIpc) is 3.24. The molecular formula is C21H13BrClF2N5O. The first-order valence-corrected chi connectivity index (χ1v) is 10.1. The molecule has 2 aromatic heterocycles. The number of halogens is 4. The quantitative estimate of drug-likeness (QED) is 0.394. The van der Waals surface area contributed by atoms with Crippen molar-refractivity contribution in [3.8, 4) is 16.9 Å². The molecule has 4 aromatic rings. The molecule has 0 aliphatic carbocycles. The van der Waals surface area contributed by atoms with Crippen LogP contribution in [0.1, 0.15) is 15.9 Å². The molecular weight excluding hydrogens is 492 g/mol. The third kappa shape index (κ3) is 4.33. The van der Waals surface area contributed by atoms with Crippen LogP contribution >= 0.6 is 27.5 Å². The molecule has 1 N–H and O–H groups in total. The van der Waals surface area contributed by atoms with E-state index in [4.69, 9.17) is 11.6 Å². The Kier molecular flexibility index (Phi) is 5.79. The van der Waals surface area contributed by atoms with Crippen LogP contribution in [0.25, 0.3) is 16.9 Å². The fraction of sp³-hybridized carbons (Fsp3) is 0.0476. The number of hydrogen-bond donors (Lipinski definition) is 1. The lowest BCUT2D eigenvalue weighted by molar-refractivity contribution is 0.102. The van der Waals surface area contributed by atoms with Gasteiger partial charge in [0.05, 0.1) is 29.3 Å². The van der Waals surface area contributed by atoms with Gasteiger partial charge in [0, 0.05) is 15.6 Å². The molecule has 0 radical (unpaired) electrons. The van der Waals surface area contributed by atoms with Crippen molar-refractivity contribution in [2.75, 3.05) is 5.32 Å². The van der Waals surface area contributed by atoms with Crippen molar-refractivity contribution < 1.29 is 13.6 Å². The number of amides is 1. The minimum Gasteiger partial charge on any atom is -0.321 e. The molecule has 0 saturated heterocycles. The van der Waals surface area contributed by atoms with Crippen molar-refractivity contribution in [2.24, 2.45) is 0 Å². The molecule has 0 aliphatic rings. The average molecular weight is 505 g/mol. The molecule has 0 saturated carbocycles. The number of pyridine rings is 1.